The summed E-state index contributed by atoms with van der Waals surface area (Å²) in [6.07, 6.45) is 2.32. The Morgan fingerprint density at radius 2 is 2.12 bits per heavy atom. The molecule has 1 saturated heterocycles. The number of rotatable bonds is 6. The number of carbonyl (C=O) groups excluding carboxylic acids is 2. The van der Waals surface area contributed by atoms with Gasteiger partial charge in [0.05, 0.1) is 6.10 Å². The maximum Gasteiger partial charge on any atom is 0.231 e. The highest BCUT2D eigenvalue weighted by atomic mass is 16.7. The van der Waals surface area contributed by atoms with Gasteiger partial charge < -0.3 is 24.4 Å². The van der Waals surface area contributed by atoms with Crippen LogP contribution in [0.5, 0.6) is 11.5 Å². The smallest absolute Gasteiger partial charge is 0.231 e. The molecule has 0 aliphatic carbocycles. The predicted octanol–water partition coefficient (Wildman–Crippen LogP) is 1.77. The molecular weight excluding hydrogens is 312 g/mol. The highest BCUT2D eigenvalue weighted by Gasteiger charge is 2.21. The molecule has 2 heterocycles. The first-order valence-electron chi connectivity index (χ1n) is 8.18. The van der Waals surface area contributed by atoms with Gasteiger partial charge in [-0.2, -0.15) is 0 Å². The zero-order valence-corrected chi connectivity index (χ0v) is 13.7. The van der Waals surface area contributed by atoms with Gasteiger partial charge >= 0.3 is 0 Å². The fourth-order valence-corrected chi connectivity index (χ4v) is 2.85. The molecule has 1 aromatic rings. The van der Waals surface area contributed by atoms with E-state index in [0.717, 1.165) is 19.4 Å². The molecule has 1 N–H and O–H groups in total. The summed E-state index contributed by atoms with van der Waals surface area (Å²) in [4.78, 5) is 25.5. The molecule has 1 atom stereocenters. The van der Waals surface area contributed by atoms with E-state index in [0.29, 0.717) is 30.3 Å². The Bertz CT molecular complexity index is 613. The Labute approximate surface area is 140 Å². The summed E-state index contributed by atoms with van der Waals surface area (Å²) in [5.74, 6) is 1.11. The first-order valence-corrected chi connectivity index (χ1v) is 8.18. The second-order valence-electron chi connectivity index (χ2n) is 5.97. The fourth-order valence-electron chi connectivity index (χ4n) is 2.85. The van der Waals surface area contributed by atoms with Crippen molar-refractivity contribution in [2.75, 3.05) is 31.8 Å². The van der Waals surface area contributed by atoms with Gasteiger partial charge in [0.1, 0.15) is 0 Å². The van der Waals surface area contributed by atoms with Crippen LogP contribution in [-0.4, -0.2) is 49.3 Å². The van der Waals surface area contributed by atoms with Gasteiger partial charge in [0, 0.05) is 44.8 Å². The molecule has 1 fully saturated rings. The van der Waals surface area contributed by atoms with E-state index in [4.69, 9.17) is 14.2 Å². The van der Waals surface area contributed by atoms with Gasteiger partial charge in [-0.1, -0.05) is 0 Å². The maximum absolute atomic E-state index is 12.1. The molecule has 0 radical (unpaired) electrons. The molecule has 2 aliphatic heterocycles. The van der Waals surface area contributed by atoms with Crippen molar-refractivity contribution in [3.8, 4) is 11.5 Å². The largest absolute Gasteiger partial charge is 0.454 e. The lowest BCUT2D eigenvalue weighted by Gasteiger charge is -2.23. The van der Waals surface area contributed by atoms with Crippen LogP contribution in [0.4, 0.5) is 5.69 Å². The van der Waals surface area contributed by atoms with Crippen molar-refractivity contribution in [3.63, 3.8) is 0 Å². The van der Waals surface area contributed by atoms with Gasteiger partial charge in [-0.25, -0.2) is 0 Å². The number of amides is 2. The van der Waals surface area contributed by atoms with Gasteiger partial charge in [-0.3, -0.25) is 9.59 Å². The minimum absolute atomic E-state index is 0.0404. The van der Waals surface area contributed by atoms with Crippen LogP contribution in [0.15, 0.2) is 18.2 Å². The predicted molar refractivity (Wildman–Crippen MR) is 87.0 cm³/mol. The molecule has 1 unspecified atom stereocenters. The third-order valence-corrected chi connectivity index (χ3v) is 4.16. The molecular formula is C17H22N2O5. The molecule has 1 aromatic carbocycles. The van der Waals surface area contributed by atoms with Crippen molar-refractivity contribution in [2.24, 2.45) is 0 Å². The van der Waals surface area contributed by atoms with E-state index in [9.17, 15) is 9.59 Å². The van der Waals surface area contributed by atoms with Crippen molar-refractivity contribution < 1.29 is 23.8 Å². The molecule has 0 aromatic heterocycles. The van der Waals surface area contributed by atoms with E-state index >= 15 is 0 Å². The van der Waals surface area contributed by atoms with E-state index in [-0.39, 0.29) is 31.1 Å². The Morgan fingerprint density at radius 3 is 2.88 bits per heavy atom. The van der Waals surface area contributed by atoms with Gasteiger partial charge in [-0.05, 0) is 25.0 Å². The highest BCUT2D eigenvalue weighted by Crippen LogP contribution is 2.34. The first kappa shape index (κ1) is 16.6. The first-order chi connectivity index (χ1) is 11.6. The number of carbonyl (C=O) groups is 2. The van der Waals surface area contributed by atoms with E-state index < -0.39 is 0 Å². The van der Waals surface area contributed by atoms with Crippen LogP contribution in [0, 0.1) is 0 Å². The summed E-state index contributed by atoms with van der Waals surface area (Å²) in [6, 6.07) is 5.26. The van der Waals surface area contributed by atoms with Gasteiger partial charge in [0.25, 0.3) is 0 Å². The molecule has 0 bridgehead atoms. The Balaban J connectivity index is 1.49. The number of fused-ring (bicyclic) bond motifs is 1. The van der Waals surface area contributed by atoms with Crippen LogP contribution in [0.3, 0.4) is 0 Å². The van der Waals surface area contributed by atoms with Crippen molar-refractivity contribution in [2.45, 2.75) is 32.3 Å². The summed E-state index contributed by atoms with van der Waals surface area (Å²) in [6.45, 7) is 3.40. The SMILES string of the molecule is CC(=O)N(CCC(=O)Nc1ccc2c(c1)OCO2)CC1CCCO1. The minimum atomic E-state index is -0.146. The highest BCUT2D eigenvalue weighted by molar-refractivity contribution is 5.91. The zero-order valence-electron chi connectivity index (χ0n) is 13.7. The standard InChI is InChI=1S/C17H22N2O5/c1-12(20)19(10-14-3-2-8-22-14)7-6-17(21)18-13-4-5-15-16(9-13)24-11-23-15/h4-5,9,14H,2-3,6-8,10-11H2,1H3,(H,18,21). The molecule has 7 nitrogen and oxygen atoms in total. The molecule has 2 aliphatic rings. The van der Waals surface area contributed by atoms with Crippen LogP contribution >= 0.6 is 0 Å². The number of anilines is 1. The fraction of sp³-hybridized carbons (Fsp3) is 0.529. The summed E-state index contributed by atoms with van der Waals surface area (Å²) in [5.41, 5.74) is 0.651. The number of benzene rings is 1. The maximum atomic E-state index is 12.1. The van der Waals surface area contributed by atoms with Crippen LogP contribution in [0.25, 0.3) is 0 Å². The van der Waals surface area contributed by atoms with Crippen LogP contribution < -0.4 is 14.8 Å². The third kappa shape index (κ3) is 4.17. The van der Waals surface area contributed by atoms with Crippen molar-refractivity contribution >= 4 is 17.5 Å². The van der Waals surface area contributed by atoms with Crippen LogP contribution in [-0.2, 0) is 14.3 Å². The summed E-state index contributed by atoms with van der Waals surface area (Å²) < 4.78 is 16.1. The Hall–Kier alpha value is -2.28. The topological polar surface area (TPSA) is 77.1 Å². The third-order valence-electron chi connectivity index (χ3n) is 4.16. The average Bonchev–Trinajstić information content (AvgIpc) is 3.21. The lowest BCUT2D eigenvalue weighted by atomic mass is 10.2. The van der Waals surface area contributed by atoms with Crippen LogP contribution in [0.1, 0.15) is 26.2 Å². The van der Waals surface area contributed by atoms with E-state index in [2.05, 4.69) is 5.32 Å². The molecule has 7 heteroatoms. The number of ether oxygens (including phenoxy) is 3. The average molecular weight is 334 g/mol. The normalized spacial score (nSPS) is 18.5. The zero-order chi connectivity index (χ0) is 16.9. The quantitative estimate of drug-likeness (QED) is 0.858. The minimum Gasteiger partial charge on any atom is -0.454 e. The summed E-state index contributed by atoms with van der Waals surface area (Å²) >= 11 is 0. The summed E-state index contributed by atoms with van der Waals surface area (Å²) in [7, 11) is 0. The lowest BCUT2D eigenvalue weighted by molar-refractivity contribution is -0.130. The van der Waals surface area contributed by atoms with Gasteiger partial charge in [-0.15, -0.1) is 0 Å². The van der Waals surface area contributed by atoms with Crippen molar-refractivity contribution in [1.82, 2.24) is 4.90 Å². The molecule has 0 spiro atoms. The van der Waals surface area contributed by atoms with Crippen molar-refractivity contribution in [3.05, 3.63) is 18.2 Å². The molecule has 0 saturated carbocycles. The number of hydrogen-bond donors (Lipinski definition) is 1. The Kier molecular flexibility index (Phi) is 5.20. The lowest BCUT2D eigenvalue weighted by Crippen LogP contribution is -2.37. The van der Waals surface area contributed by atoms with E-state index in [1.165, 1.54) is 6.92 Å². The molecule has 3 rings (SSSR count). The van der Waals surface area contributed by atoms with Gasteiger partial charge in [0.15, 0.2) is 11.5 Å². The van der Waals surface area contributed by atoms with Crippen LogP contribution in [0.2, 0.25) is 0 Å². The van der Waals surface area contributed by atoms with E-state index in [1.807, 2.05) is 0 Å². The number of nitrogens with zero attached hydrogens (tertiary/aromatic N) is 1. The van der Waals surface area contributed by atoms with Gasteiger partial charge in [0.2, 0.25) is 18.6 Å². The molecule has 130 valence electrons. The van der Waals surface area contributed by atoms with E-state index in [1.54, 1.807) is 23.1 Å². The monoisotopic (exact) mass is 334 g/mol. The Morgan fingerprint density at radius 1 is 1.29 bits per heavy atom. The number of hydrogen-bond acceptors (Lipinski definition) is 5. The van der Waals surface area contributed by atoms with Crippen molar-refractivity contribution in [1.29, 1.82) is 0 Å². The second kappa shape index (κ2) is 7.53. The molecule has 2 amide bonds. The molecule has 24 heavy (non-hydrogen) atoms. The summed E-state index contributed by atoms with van der Waals surface area (Å²) in [5, 5.41) is 2.82. The number of nitrogens with one attached hydrogen (secondary N) is 1. The second-order valence-corrected chi connectivity index (χ2v) is 5.97.